The van der Waals surface area contributed by atoms with Crippen molar-refractivity contribution < 1.29 is 14.2 Å². The highest BCUT2D eigenvalue weighted by Gasteiger charge is 2.48. The molecule has 2 heterocycles. The number of fused-ring (bicyclic) bond motifs is 2. The third-order valence-corrected chi connectivity index (χ3v) is 4.43. The molecule has 5 atom stereocenters. The highest BCUT2D eigenvalue weighted by atomic mass is 79.9. The van der Waals surface area contributed by atoms with E-state index in [1.807, 2.05) is 30.3 Å². The Morgan fingerprint density at radius 2 is 2.11 bits per heavy atom. The van der Waals surface area contributed by atoms with Crippen LogP contribution in [0.5, 0.6) is 0 Å². The zero-order valence-corrected chi connectivity index (χ0v) is 11.5. The van der Waals surface area contributed by atoms with E-state index in [1.54, 1.807) is 0 Å². The standard InChI is InChI=1S/C13H16BrNO3/c14-10-11(15)12(9-7-17-13(10)18-9)16-6-8-4-2-1-3-5-8/h1-5,9-13H,6-7,15H2/t9-,10-,11-,12-,13-/m1/s1. The smallest absolute Gasteiger partial charge is 0.172 e. The van der Waals surface area contributed by atoms with Crippen molar-refractivity contribution in [2.75, 3.05) is 6.61 Å². The van der Waals surface area contributed by atoms with Gasteiger partial charge in [0.2, 0.25) is 0 Å². The minimum absolute atomic E-state index is 0.0166. The van der Waals surface area contributed by atoms with Crippen LogP contribution in [0.4, 0.5) is 0 Å². The molecule has 0 aliphatic carbocycles. The van der Waals surface area contributed by atoms with Crippen LogP contribution >= 0.6 is 15.9 Å². The summed E-state index contributed by atoms with van der Waals surface area (Å²) in [5.74, 6) is 0. The number of hydrogen-bond acceptors (Lipinski definition) is 4. The second-order valence-electron chi connectivity index (χ2n) is 4.66. The third kappa shape index (κ3) is 2.33. The average molecular weight is 314 g/mol. The molecule has 4 nitrogen and oxygen atoms in total. The van der Waals surface area contributed by atoms with Crippen LogP contribution < -0.4 is 5.73 Å². The molecule has 5 heteroatoms. The maximum atomic E-state index is 6.18. The molecule has 0 amide bonds. The molecule has 3 rings (SSSR count). The normalized spacial score (nSPS) is 38.9. The van der Waals surface area contributed by atoms with Crippen LogP contribution in [0.3, 0.4) is 0 Å². The second kappa shape index (κ2) is 5.27. The van der Waals surface area contributed by atoms with Gasteiger partial charge >= 0.3 is 0 Å². The number of halogens is 1. The van der Waals surface area contributed by atoms with E-state index in [0.29, 0.717) is 13.2 Å². The Labute approximate surface area is 115 Å². The van der Waals surface area contributed by atoms with Crippen molar-refractivity contribution in [2.45, 2.75) is 36.0 Å². The Morgan fingerprint density at radius 1 is 1.33 bits per heavy atom. The zero-order valence-electron chi connectivity index (χ0n) is 9.87. The van der Waals surface area contributed by atoms with Gasteiger partial charge in [0.05, 0.1) is 24.1 Å². The molecule has 0 spiro atoms. The first-order valence-corrected chi connectivity index (χ1v) is 6.99. The first-order chi connectivity index (χ1) is 8.75. The lowest BCUT2D eigenvalue weighted by atomic mass is 10.0. The predicted molar refractivity (Wildman–Crippen MR) is 70.3 cm³/mol. The molecule has 1 aromatic carbocycles. The summed E-state index contributed by atoms with van der Waals surface area (Å²) in [6, 6.07) is 9.95. The number of rotatable bonds is 3. The summed E-state index contributed by atoms with van der Waals surface area (Å²) in [5, 5.41) is 0. The SMILES string of the molecule is N[C@@H]1[C@@H](Br)[C@@H]2OC[C@@H](O2)[C@H]1OCc1ccccc1. The van der Waals surface area contributed by atoms with Crippen LogP contribution in [0.2, 0.25) is 0 Å². The summed E-state index contributed by atoms with van der Waals surface area (Å²) in [5.41, 5.74) is 7.31. The fraction of sp³-hybridized carbons (Fsp3) is 0.538. The quantitative estimate of drug-likeness (QED) is 0.858. The molecule has 2 N–H and O–H groups in total. The van der Waals surface area contributed by atoms with Gasteiger partial charge in [-0.1, -0.05) is 46.3 Å². The fourth-order valence-electron chi connectivity index (χ4n) is 2.38. The number of nitrogens with two attached hydrogens (primary N) is 1. The Morgan fingerprint density at radius 3 is 2.89 bits per heavy atom. The minimum Gasteiger partial charge on any atom is -0.369 e. The number of ether oxygens (including phenoxy) is 3. The summed E-state index contributed by atoms with van der Waals surface area (Å²) in [4.78, 5) is -0.0166. The van der Waals surface area contributed by atoms with E-state index >= 15 is 0 Å². The summed E-state index contributed by atoms with van der Waals surface area (Å²) >= 11 is 3.52. The Balaban J connectivity index is 1.65. The van der Waals surface area contributed by atoms with Crippen LogP contribution in [-0.4, -0.2) is 36.0 Å². The van der Waals surface area contributed by atoms with Gasteiger partial charge in [0.25, 0.3) is 0 Å². The van der Waals surface area contributed by atoms with Gasteiger partial charge in [0.15, 0.2) is 6.29 Å². The van der Waals surface area contributed by atoms with E-state index in [9.17, 15) is 0 Å². The third-order valence-electron chi connectivity index (χ3n) is 3.39. The van der Waals surface area contributed by atoms with E-state index in [4.69, 9.17) is 19.9 Å². The van der Waals surface area contributed by atoms with Gasteiger partial charge < -0.3 is 19.9 Å². The van der Waals surface area contributed by atoms with Gasteiger partial charge in [-0.15, -0.1) is 0 Å². The number of alkyl halides is 1. The largest absolute Gasteiger partial charge is 0.369 e. The molecule has 0 unspecified atom stereocenters. The van der Waals surface area contributed by atoms with E-state index < -0.39 is 0 Å². The number of hydrogen-bond donors (Lipinski definition) is 1. The molecule has 2 bridgehead atoms. The summed E-state index contributed by atoms with van der Waals surface area (Å²) in [7, 11) is 0. The predicted octanol–water partition coefficient (Wildman–Crippen LogP) is 1.42. The maximum absolute atomic E-state index is 6.18. The van der Waals surface area contributed by atoms with Crippen molar-refractivity contribution in [3.63, 3.8) is 0 Å². The molecule has 98 valence electrons. The fourth-order valence-corrected chi connectivity index (χ4v) is 2.95. The van der Waals surface area contributed by atoms with Gasteiger partial charge in [-0.3, -0.25) is 0 Å². The summed E-state index contributed by atoms with van der Waals surface area (Å²) in [6.07, 6.45) is -0.419. The van der Waals surface area contributed by atoms with Crippen molar-refractivity contribution >= 4 is 15.9 Å². The first kappa shape index (κ1) is 12.6. The van der Waals surface area contributed by atoms with Crippen LogP contribution in [0.1, 0.15) is 5.56 Å². The molecule has 0 saturated carbocycles. The maximum Gasteiger partial charge on any atom is 0.172 e. The van der Waals surface area contributed by atoms with E-state index in [1.165, 1.54) is 0 Å². The average Bonchev–Trinajstić information content (AvgIpc) is 2.84. The summed E-state index contributed by atoms with van der Waals surface area (Å²) < 4.78 is 17.1. The molecule has 2 aliphatic heterocycles. The van der Waals surface area contributed by atoms with E-state index in [2.05, 4.69) is 15.9 Å². The zero-order chi connectivity index (χ0) is 12.5. The van der Waals surface area contributed by atoms with Crippen LogP contribution in [0.25, 0.3) is 0 Å². The van der Waals surface area contributed by atoms with Crippen LogP contribution in [-0.2, 0) is 20.8 Å². The van der Waals surface area contributed by atoms with Crippen molar-refractivity contribution in [1.82, 2.24) is 0 Å². The van der Waals surface area contributed by atoms with Gasteiger partial charge in [-0.05, 0) is 5.56 Å². The van der Waals surface area contributed by atoms with Gasteiger partial charge in [-0.2, -0.15) is 0 Å². The highest BCUT2D eigenvalue weighted by Crippen LogP contribution is 2.33. The second-order valence-corrected chi connectivity index (χ2v) is 5.72. The van der Waals surface area contributed by atoms with Crippen LogP contribution in [0, 0.1) is 0 Å². The molecular formula is C13H16BrNO3. The summed E-state index contributed by atoms with van der Waals surface area (Å²) in [6.45, 7) is 1.10. The molecule has 2 saturated heterocycles. The Hall–Kier alpha value is -0.460. The van der Waals surface area contributed by atoms with Crippen molar-refractivity contribution in [3.05, 3.63) is 35.9 Å². The van der Waals surface area contributed by atoms with Crippen molar-refractivity contribution in [1.29, 1.82) is 0 Å². The highest BCUT2D eigenvalue weighted by molar-refractivity contribution is 9.09. The van der Waals surface area contributed by atoms with Crippen molar-refractivity contribution in [2.24, 2.45) is 5.73 Å². The van der Waals surface area contributed by atoms with E-state index in [-0.39, 0.29) is 29.4 Å². The van der Waals surface area contributed by atoms with Crippen LogP contribution in [0.15, 0.2) is 30.3 Å². The molecule has 0 radical (unpaired) electrons. The molecule has 0 aromatic heterocycles. The minimum atomic E-state index is -0.235. The Bertz CT molecular complexity index is 402. The van der Waals surface area contributed by atoms with Gasteiger partial charge in [0.1, 0.15) is 12.2 Å². The van der Waals surface area contributed by atoms with Crippen molar-refractivity contribution in [3.8, 4) is 0 Å². The van der Waals surface area contributed by atoms with Gasteiger partial charge in [-0.25, -0.2) is 0 Å². The lowest BCUT2D eigenvalue weighted by Crippen LogP contribution is -2.56. The molecular weight excluding hydrogens is 298 g/mol. The first-order valence-electron chi connectivity index (χ1n) is 6.08. The Kier molecular flexibility index (Phi) is 3.68. The molecule has 1 aromatic rings. The monoisotopic (exact) mass is 313 g/mol. The lowest BCUT2D eigenvalue weighted by molar-refractivity contribution is -0.141. The number of benzene rings is 1. The molecule has 18 heavy (non-hydrogen) atoms. The lowest BCUT2D eigenvalue weighted by Gasteiger charge is -2.36. The van der Waals surface area contributed by atoms with E-state index in [0.717, 1.165) is 5.56 Å². The molecule has 2 fully saturated rings. The van der Waals surface area contributed by atoms with Gasteiger partial charge in [0, 0.05) is 0 Å². The molecule has 2 aliphatic rings. The topological polar surface area (TPSA) is 53.7 Å².